The van der Waals surface area contributed by atoms with E-state index in [2.05, 4.69) is 10.6 Å². The van der Waals surface area contributed by atoms with Gasteiger partial charge in [0, 0.05) is 25.2 Å². The average Bonchev–Trinajstić information content (AvgIpc) is 3.47. The van der Waals surface area contributed by atoms with Crippen LogP contribution < -0.4 is 20.1 Å². The molecule has 1 atom stereocenters. The van der Waals surface area contributed by atoms with Gasteiger partial charge in [-0.05, 0) is 47.9 Å². The van der Waals surface area contributed by atoms with Crippen LogP contribution in [0.5, 0.6) is 11.5 Å². The number of thiophene rings is 1. The Morgan fingerprint density at radius 2 is 1.90 bits per heavy atom. The highest BCUT2D eigenvalue weighted by atomic mass is 32.1. The SMILES string of the molecule is CC(C)C(NC(=O)c1cccs1)C(=O)NCC1(c2ccc3c(c2)OCO3)CCOCC1. The Kier molecular flexibility index (Phi) is 6.48. The lowest BCUT2D eigenvalue weighted by atomic mass is 9.74. The molecule has 0 aliphatic carbocycles. The molecule has 1 fully saturated rings. The molecular weight excluding hydrogens is 416 g/mol. The van der Waals surface area contributed by atoms with Crippen LogP contribution in [0, 0.1) is 5.92 Å². The lowest BCUT2D eigenvalue weighted by Crippen LogP contribution is -2.53. The number of hydrogen-bond donors (Lipinski definition) is 2. The van der Waals surface area contributed by atoms with Crippen LogP contribution in [0.1, 0.15) is 41.9 Å². The molecule has 1 aromatic heterocycles. The summed E-state index contributed by atoms with van der Waals surface area (Å²) in [6.07, 6.45) is 1.58. The summed E-state index contributed by atoms with van der Waals surface area (Å²) in [6.45, 7) is 5.82. The Morgan fingerprint density at radius 1 is 1.13 bits per heavy atom. The predicted molar refractivity (Wildman–Crippen MR) is 118 cm³/mol. The van der Waals surface area contributed by atoms with E-state index in [4.69, 9.17) is 14.2 Å². The number of benzene rings is 1. The van der Waals surface area contributed by atoms with Gasteiger partial charge in [-0.2, -0.15) is 0 Å². The zero-order chi connectivity index (χ0) is 21.8. The van der Waals surface area contributed by atoms with E-state index in [0.717, 1.165) is 29.9 Å². The number of nitrogens with one attached hydrogen (secondary N) is 2. The second kappa shape index (κ2) is 9.28. The van der Waals surface area contributed by atoms with Crippen LogP contribution in [0.15, 0.2) is 35.7 Å². The summed E-state index contributed by atoms with van der Waals surface area (Å²) in [4.78, 5) is 26.2. The average molecular weight is 445 g/mol. The van der Waals surface area contributed by atoms with Crippen molar-refractivity contribution in [3.05, 3.63) is 46.2 Å². The van der Waals surface area contributed by atoms with Gasteiger partial charge in [0.1, 0.15) is 6.04 Å². The van der Waals surface area contributed by atoms with Crippen molar-refractivity contribution in [2.75, 3.05) is 26.6 Å². The molecule has 0 spiro atoms. The van der Waals surface area contributed by atoms with E-state index >= 15 is 0 Å². The standard InChI is InChI=1S/C23H28N2O5S/c1-15(2)20(25-21(26)19-4-3-11-31-19)22(27)24-13-23(7-9-28-10-8-23)16-5-6-17-18(12-16)30-14-29-17/h3-6,11-12,15,20H,7-10,13-14H2,1-2H3,(H,24,27)(H,25,26). The van der Waals surface area contributed by atoms with Crippen LogP contribution in [-0.4, -0.2) is 44.4 Å². The molecule has 2 aromatic rings. The van der Waals surface area contributed by atoms with Gasteiger partial charge >= 0.3 is 0 Å². The van der Waals surface area contributed by atoms with Crippen LogP contribution in [-0.2, 0) is 14.9 Å². The minimum Gasteiger partial charge on any atom is -0.454 e. The topological polar surface area (TPSA) is 85.9 Å². The number of carbonyl (C=O) groups excluding carboxylic acids is 2. The fraction of sp³-hybridized carbons (Fsp3) is 0.478. The number of rotatable bonds is 7. The largest absolute Gasteiger partial charge is 0.454 e. The van der Waals surface area contributed by atoms with Crippen molar-refractivity contribution in [1.29, 1.82) is 0 Å². The fourth-order valence-corrected chi connectivity index (χ4v) is 4.70. The van der Waals surface area contributed by atoms with Crippen molar-refractivity contribution in [3.8, 4) is 11.5 Å². The molecule has 1 aromatic carbocycles. The van der Waals surface area contributed by atoms with Gasteiger partial charge in [0.2, 0.25) is 12.7 Å². The summed E-state index contributed by atoms with van der Waals surface area (Å²) in [5.41, 5.74) is 0.845. The maximum atomic E-state index is 13.1. The van der Waals surface area contributed by atoms with E-state index in [0.29, 0.717) is 24.6 Å². The van der Waals surface area contributed by atoms with E-state index in [1.165, 1.54) is 11.3 Å². The summed E-state index contributed by atoms with van der Waals surface area (Å²) in [6, 6.07) is 8.95. The van der Waals surface area contributed by atoms with E-state index in [9.17, 15) is 9.59 Å². The summed E-state index contributed by atoms with van der Waals surface area (Å²) < 4.78 is 16.6. The normalized spacial score (nSPS) is 17.9. The van der Waals surface area contributed by atoms with Gasteiger partial charge in [0.15, 0.2) is 11.5 Å². The fourth-order valence-electron chi connectivity index (χ4n) is 4.08. The van der Waals surface area contributed by atoms with Crippen LogP contribution in [0.25, 0.3) is 0 Å². The summed E-state index contributed by atoms with van der Waals surface area (Å²) in [5.74, 6) is 1.04. The maximum Gasteiger partial charge on any atom is 0.262 e. The van der Waals surface area contributed by atoms with Crippen molar-refractivity contribution in [1.82, 2.24) is 10.6 Å². The van der Waals surface area contributed by atoms with Gasteiger partial charge in [-0.15, -0.1) is 11.3 Å². The molecule has 0 radical (unpaired) electrons. The van der Waals surface area contributed by atoms with Gasteiger partial charge < -0.3 is 24.8 Å². The van der Waals surface area contributed by atoms with Crippen molar-refractivity contribution >= 4 is 23.2 Å². The Balaban J connectivity index is 1.48. The lowest BCUT2D eigenvalue weighted by Gasteiger charge is -2.38. The Morgan fingerprint density at radius 3 is 2.61 bits per heavy atom. The highest BCUT2D eigenvalue weighted by Gasteiger charge is 2.37. The maximum absolute atomic E-state index is 13.1. The summed E-state index contributed by atoms with van der Waals surface area (Å²) in [7, 11) is 0. The van der Waals surface area contributed by atoms with Crippen molar-refractivity contribution in [2.45, 2.75) is 38.1 Å². The molecular formula is C23H28N2O5S. The molecule has 3 heterocycles. The number of carbonyl (C=O) groups is 2. The van der Waals surface area contributed by atoms with Crippen molar-refractivity contribution in [2.24, 2.45) is 5.92 Å². The Hall–Kier alpha value is -2.58. The molecule has 0 saturated carbocycles. The minimum absolute atomic E-state index is 0.0416. The first kappa shape index (κ1) is 21.6. The number of ether oxygens (including phenoxy) is 3. The second-order valence-electron chi connectivity index (χ2n) is 8.35. The van der Waals surface area contributed by atoms with Gasteiger partial charge in [-0.25, -0.2) is 0 Å². The molecule has 4 rings (SSSR count). The zero-order valence-electron chi connectivity index (χ0n) is 17.8. The molecule has 7 nitrogen and oxygen atoms in total. The van der Waals surface area contributed by atoms with Crippen LogP contribution in [0.2, 0.25) is 0 Å². The molecule has 1 saturated heterocycles. The molecule has 166 valence electrons. The van der Waals surface area contributed by atoms with E-state index in [1.807, 2.05) is 43.5 Å². The first-order valence-electron chi connectivity index (χ1n) is 10.6. The van der Waals surface area contributed by atoms with Crippen LogP contribution >= 0.6 is 11.3 Å². The summed E-state index contributed by atoms with van der Waals surface area (Å²) >= 11 is 1.36. The smallest absolute Gasteiger partial charge is 0.262 e. The van der Waals surface area contributed by atoms with Crippen molar-refractivity contribution in [3.63, 3.8) is 0 Å². The van der Waals surface area contributed by atoms with E-state index in [-0.39, 0.29) is 29.9 Å². The van der Waals surface area contributed by atoms with Crippen molar-refractivity contribution < 1.29 is 23.8 Å². The molecule has 1 unspecified atom stereocenters. The minimum atomic E-state index is -0.608. The molecule has 2 aliphatic heterocycles. The third kappa shape index (κ3) is 4.70. The quantitative estimate of drug-likeness (QED) is 0.686. The molecule has 31 heavy (non-hydrogen) atoms. The van der Waals surface area contributed by atoms with Crippen LogP contribution in [0.3, 0.4) is 0 Å². The number of hydrogen-bond acceptors (Lipinski definition) is 6. The number of fused-ring (bicyclic) bond motifs is 1. The highest BCUT2D eigenvalue weighted by Crippen LogP contribution is 2.40. The first-order valence-corrected chi connectivity index (χ1v) is 11.5. The third-order valence-corrected chi connectivity index (χ3v) is 6.89. The van der Waals surface area contributed by atoms with Gasteiger partial charge in [0.05, 0.1) is 4.88 Å². The second-order valence-corrected chi connectivity index (χ2v) is 9.30. The molecule has 2 aliphatic rings. The molecule has 2 amide bonds. The van der Waals surface area contributed by atoms with E-state index in [1.54, 1.807) is 6.07 Å². The van der Waals surface area contributed by atoms with Crippen LogP contribution in [0.4, 0.5) is 0 Å². The highest BCUT2D eigenvalue weighted by molar-refractivity contribution is 7.12. The molecule has 8 heteroatoms. The lowest BCUT2D eigenvalue weighted by molar-refractivity contribution is -0.124. The molecule has 2 N–H and O–H groups in total. The predicted octanol–water partition coefficient (Wildman–Crippen LogP) is 3.10. The zero-order valence-corrected chi connectivity index (χ0v) is 18.6. The third-order valence-electron chi connectivity index (χ3n) is 6.02. The number of amides is 2. The Bertz CT molecular complexity index is 922. The monoisotopic (exact) mass is 444 g/mol. The van der Waals surface area contributed by atoms with Gasteiger partial charge in [-0.1, -0.05) is 26.0 Å². The molecule has 0 bridgehead atoms. The summed E-state index contributed by atoms with van der Waals surface area (Å²) in [5, 5.41) is 7.85. The Labute approximate surface area is 186 Å². The van der Waals surface area contributed by atoms with E-state index < -0.39 is 6.04 Å². The van der Waals surface area contributed by atoms with Gasteiger partial charge in [0.25, 0.3) is 5.91 Å². The van der Waals surface area contributed by atoms with Gasteiger partial charge in [-0.3, -0.25) is 9.59 Å². The first-order chi connectivity index (χ1) is 15.0.